The van der Waals surface area contributed by atoms with Crippen molar-refractivity contribution in [2.24, 2.45) is 11.7 Å². The van der Waals surface area contributed by atoms with Gasteiger partial charge >= 0.3 is 0 Å². The number of nitrogens with two attached hydrogens (primary N) is 1. The van der Waals surface area contributed by atoms with Crippen molar-refractivity contribution >= 4 is 0 Å². The van der Waals surface area contributed by atoms with Crippen LogP contribution in [0.3, 0.4) is 0 Å². The van der Waals surface area contributed by atoms with Crippen molar-refractivity contribution in [3.63, 3.8) is 0 Å². The molecule has 2 rings (SSSR count). The fourth-order valence-corrected chi connectivity index (χ4v) is 1.83. The van der Waals surface area contributed by atoms with Crippen molar-refractivity contribution in [1.82, 2.24) is 4.98 Å². The van der Waals surface area contributed by atoms with E-state index in [-0.39, 0.29) is 0 Å². The van der Waals surface area contributed by atoms with Gasteiger partial charge in [-0.15, -0.1) is 0 Å². The smallest absolute Gasteiger partial charge is 0.0300 e. The molecule has 70 valence electrons. The van der Waals surface area contributed by atoms with Crippen LogP contribution in [0, 0.1) is 5.92 Å². The van der Waals surface area contributed by atoms with Gasteiger partial charge in [-0.3, -0.25) is 4.98 Å². The zero-order valence-corrected chi connectivity index (χ0v) is 7.82. The lowest BCUT2D eigenvalue weighted by Crippen LogP contribution is -2.36. The molecule has 0 saturated heterocycles. The SMILES string of the molecule is NC(Cc1cccnc1)C1CCC1. The summed E-state index contributed by atoms with van der Waals surface area (Å²) in [6, 6.07) is 4.42. The third kappa shape index (κ3) is 2.07. The Morgan fingerprint density at radius 1 is 1.54 bits per heavy atom. The molecule has 13 heavy (non-hydrogen) atoms. The Morgan fingerprint density at radius 2 is 2.38 bits per heavy atom. The summed E-state index contributed by atoms with van der Waals surface area (Å²) >= 11 is 0. The molecule has 1 atom stereocenters. The van der Waals surface area contributed by atoms with Gasteiger partial charge in [0.15, 0.2) is 0 Å². The van der Waals surface area contributed by atoms with E-state index in [2.05, 4.69) is 11.1 Å². The van der Waals surface area contributed by atoms with Crippen LogP contribution in [0.1, 0.15) is 24.8 Å². The van der Waals surface area contributed by atoms with E-state index < -0.39 is 0 Å². The number of nitrogens with zero attached hydrogens (tertiary/aromatic N) is 1. The molecule has 0 aliphatic heterocycles. The topological polar surface area (TPSA) is 38.9 Å². The Bertz CT molecular complexity index is 254. The van der Waals surface area contributed by atoms with Crippen molar-refractivity contribution in [3.05, 3.63) is 30.1 Å². The van der Waals surface area contributed by atoms with E-state index >= 15 is 0 Å². The van der Waals surface area contributed by atoms with Gasteiger partial charge in [0, 0.05) is 18.4 Å². The second kappa shape index (κ2) is 3.88. The zero-order chi connectivity index (χ0) is 9.10. The fourth-order valence-electron chi connectivity index (χ4n) is 1.83. The van der Waals surface area contributed by atoms with Crippen LogP contribution >= 0.6 is 0 Å². The third-order valence-electron chi connectivity index (χ3n) is 2.95. The van der Waals surface area contributed by atoms with E-state index in [0.29, 0.717) is 6.04 Å². The van der Waals surface area contributed by atoms with Crippen molar-refractivity contribution in [3.8, 4) is 0 Å². The van der Waals surface area contributed by atoms with Crippen LogP contribution in [0.15, 0.2) is 24.5 Å². The van der Waals surface area contributed by atoms with Crippen LogP contribution in [0.2, 0.25) is 0 Å². The number of pyridine rings is 1. The van der Waals surface area contributed by atoms with Crippen LogP contribution in [0.5, 0.6) is 0 Å². The van der Waals surface area contributed by atoms with Crippen molar-refractivity contribution in [2.75, 3.05) is 0 Å². The van der Waals surface area contributed by atoms with Crippen molar-refractivity contribution in [1.29, 1.82) is 0 Å². The van der Waals surface area contributed by atoms with Gasteiger partial charge in [0.25, 0.3) is 0 Å². The van der Waals surface area contributed by atoms with E-state index in [4.69, 9.17) is 5.73 Å². The van der Waals surface area contributed by atoms with E-state index in [1.165, 1.54) is 24.8 Å². The van der Waals surface area contributed by atoms with Gasteiger partial charge in [0.2, 0.25) is 0 Å². The average Bonchev–Trinajstić information content (AvgIpc) is 2.02. The second-order valence-electron chi connectivity index (χ2n) is 3.92. The van der Waals surface area contributed by atoms with Crippen LogP contribution in [-0.2, 0) is 6.42 Å². The summed E-state index contributed by atoms with van der Waals surface area (Å²) in [5, 5.41) is 0. The number of aromatic nitrogens is 1. The molecule has 0 radical (unpaired) electrons. The quantitative estimate of drug-likeness (QED) is 0.762. The van der Waals surface area contributed by atoms with E-state index in [0.717, 1.165) is 12.3 Å². The Kier molecular flexibility index (Phi) is 2.60. The molecule has 1 aliphatic carbocycles. The monoisotopic (exact) mass is 176 g/mol. The van der Waals surface area contributed by atoms with Gasteiger partial charge in [-0.1, -0.05) is 12.5 Å². The largest absolute Gasteiger partial charge is 0.327 e. The van der Waals surface area contributed by atoms with E-state index in [1.807, 2.05) is 12.3 Å². The Labute approximate surface area is 79.2 Å². The molecule has 0 amide bonds. The zero-order valence-electron chi connectivity index (χ0n) is 7.82. The van der Waals surface area contributed by atoms with E-state index in [9.17, 15) is 0 Å². The summed E-state index contributed by atoms with van der Waals surface area (Å²) in [6.45, 7) is 0. The Hall–Kier alpha value is -0.890. The van der Waals surface area contributed by atoms with Gasteiger partial charge in [-0.05, 0) is 36.8 Å². The van der Waals surface area contributed by atoms with Crippen LogP contribution < -0.4 is 5.73 Å². The third-order valence-corrected chi connectivity index (χ3v) is 2.95. The molecule has 1 heterocycles. The second-order valence-corrected chi connectivity index (χ2v) is 3.92. The molecule has 1 aliphatic rings. The molecule has 1 saturated carbocycles. The molecule has 1 aromatic rings. The summed E-state index contributed by atoms with van der Waals surface area (Å²) in [7, 11) is 0. The summed E-state index contributed by atoms with van der Waals surface area (Å²) in [5.41, 5.74) is 7.35. The lowest BCUT2D eigenvalue weighted by molar-refractivity contribution is 0.260. The molecule has 0 spiro atoms. The molecule has 0 bridgehead atoms. The summed E-state index contributed by atoms with van der Waals surface area (Å²) in [4.78, 5) is 4.09. The minimum absolute atomic E-state index is 0.345. The van der Waals surface area contributed by atoms with Gasteiger partial charge in [0.05, 0.1) is 0 Å². The molecule has 1 unspecified atom stereocenters. The van der Waals surface area contributed by atoms with Gasteiger partial charge in [-0.2, -0.15) is 0 Å². The fraction of sp³-hybridized carbons (Fsp3) is 0.545. The van der Waals surface area contributed by atoms with Crippen LogP contribution in [-0.4, -0.2) is 11.0 Å². The molecule has 1 fully saturated rings. The maximum absolute atomic E-state index is 6.08. The first-order chi connectivity index (χ1) is 6.36. The van der Waals surface area contributed by atoms with Crippen molar-refractivity contribution in [2.45, 2.75) is 31.7 Å². The standard InChI is InChI=1S/C11H16N2/c12-11(10-4-1-5-10)7-9-3-2-6-13-8-9/h2-3,6,8,10-11H,1,4-5,7,12H2. The first-order valence-corrected chi connectivity index (χ1v) is 5.01. The average molecular weight is 176 g/mol. The highest BCUT2D eigenvalue weighted by atomic mass is 14.7. The summed E-state index contributed by atoms with van der Waals surface area (Å²) in [6.07, 6.45) is 8.71. The predicted molar refractivity (Wildman–Crippen MR) is 53.3 cm³/mol. The normalized spacial score (nSPS) is 19.5. The minimum atomic E-state index is 0.345. The predicted octanol–water partition coefficient (Wildman–Crippen LogP) is 1.75. The summed E-state index contributed by atoms with van der Waals surface area (Å²) in [5.74, 6) is 0.764. The van der Waals surface area contributed by atoms with Gasteiger partial charge in [-0.25, -0.2) is 0 Å². The van der Waals surface area contributed by atoms with Gasteiger partial charge < -0.3 is 5.73 Å². The highest BCUT2D eigenvalue weighted by molar-refractivity contribution is 5.10. The Morgan fingerprint density at radius 3 is 2.92 bits per heavy atom. The molecule has 2 heteroatoms. The molecule has 2 N–H and O–H groups in total. The van der Waals surface area contributed by atoms with Gasteiger partial charge in [0.1, 0.15) is 0 Å². The minimum Gasteiger partial charge on any atom is -0.327 e. The first kappa shape index (κ1) is 8.70. The van der Waals surface area contributed by atoms with Crippen LogP contribution in [0.25, 0.3) is 0 Å². The lowest BCUT2D eigenvalue weighted by Gasteiger charge is -2.31. The Balaban J connectivity index is 1.90. The highest BCUT2D eigenvalue weighted by Gasteiger charge is 2.24. The molecular formula is C11H16N2. The molecular weight excluding hydrogens is 160 g/mol. The van der Waals surface area contributed by atoms with Crippen molar-refractivity contribution < 1.29 is 0 Å². The van der Waals surface area contributed by atoms with Crippen LogP contribution in [0.4, 0.5) is 0 Å². The lowest BCUT2D eigenvalue weighted by atomic mass is 9.78. The molecule has 0 aromatic carbocycles. The maximum atomic E-state index is 6.08. The molecule has 1 aromatic heterocycles. The highest BCUT2D eigenvalue weighted by Crippen LogP contribution is 2.29. The van der Waals surface area contributed by atoms with E-state index in [1.54, 1.807) is 6.20 Å². The first-order valence-electron chi connectivity index (χ1n) is 5.01. The number of hydrogen-bond acceptors (Lipinski definition) is 2. The summed E-state index contributed by atoms with van der Waals surface area (Å²) < 4.78 is 0. The molecule has 2 nitrogen and oxygen atoms in total. The maximum Gasteiger partial charge on any atom is 0.0300 e. The number of hydrogen-bond donors (Lipinski definition) is 1. The number of rotatable bonds is 3.